The first-order valence-electron chi connectivity index (χ1n) is 5.83. The Morgan fingerprint density at radius 3 is 1.00 bits per heavy atom. The molecule has 0 radical (unpaired) electrons. The molecular formula is C12H22O2. The van der Waals surface area contributed by atoms with Crippen LogP contribution >= 0.6 is 0 Å². The number of hydrogen-bond acceptors (Lipinski definition) is 2. The van der Waals surface area contributed by atoms with E-state index in [0.717, 1.165) is 0 Å². The lowest BCUT2D eigenvalue weighted by molar-refractivity contribution is 0.0371. The van der Waals surface area contributed by atoms with Crippen molar-refractivity contribution in [2.24, 2.45) is 35.5 Å². The van der Waals surface area contributed by atoms with E-state index in [1.54, 1.807) is 0 Å². The molecule has 2 aliphatic carbocycles. The number of aliphatic hydroxyl groups excluding tert-OH is 2. The summed E-state index contributed by atoms with van der Waals surface area (Å²) in [5.41, 5.74) is 0. The molecule has 4 atom stereocenters. The van der Waals surface area contributed by atoms with E-state index in [-0.39, 0.29) is 12.2 Å². The van der Waals surface area contributed by atoms with Gasteiger partial charge in [0.05, 0.1) is 12.2 Å². The molecule has 0 bridgehead atoms. The van der Waals surface area contributed by atoms with Crippen molar-refractivity contribution in [3.05, 3.63) is 0 Å². The quantitative estimate of drug-likeness (QED) is 0.619. The zero-order valence-electron chi connectivity index (χ0n) is 9.51. The molecule has 0 saturated heterocycles. The van der Waals surface area contributed by atoms with E-state index >= 15 is 0 Å². The van der Waals surface area contributed by atoms with Crippen molar-refractivity contribution in [3.63, 3.8) is 0 Å². The molecule has 2 heteroatoms. The van der Waals surface area contributed by atoms with Gasteiger partial charge in [-0.3, -0.25) is 0 Å². The molecule has 4 unspecified atom stereocenters. The smallest absolute Gasteiger partial charge is 0.0597 e. The van der Waals surface area contributed by atoms with Crippen LogP contribution in [0.4, 0.5) is 0 Å². The summed E-state index contributed by atoms with van der Waals surface area (Å²) in [4.78, 5) is 0. The molecule has 0 aliphatic heterocycles. The summed E-state index contributed by atoms with van der Waals surface area (Å²) in [5.74, 6) is 2.44. The molecule has 0 spiro atoms. The lowest BCUT2D eigenvalue weighted by Crippen LogP contribution is -2.28. The minimum Gasteiger partial charge on any atom is -0.393 e. The Hall–Kier alpha value is -0.0800. The maximum Gasteiger partial charge on any atom is 0.0597 e. The number of aliphatic hydroxyl groups is 2. The van der Waals surface area contributed by atoms with Gasteiger partial charge in [0, 0.05) is 0 Å². The first kappa shape index (κ1) is 10.4. The molecule has 82 valence electrons. The summed E-state index contributed by atoms with van der Waals surface area (Å²) < 4.78 is 0. The summed E-state index contributed by atoms with van der Waals surface area (Å²) in [5, 5.41) is 20.0. The first-order valence-corrected chi connectivity index (χ1v) is 5.83. The second kappa shape index (κ2) is 3.21. The Morgan fingerprint density at radius 1 is 0.571 bits per heavy atom. The molecule has 2 fully saturated rings. The minimum atomic E-state index is -0.164. The van der Waals surface area contributed by atoms with Crippen LogP contribution in [0.1, 0.15) is 27.7 Å². The summed E-state index contributed by atoms with van der Waals surface area (Å²) in [6.45, 7) is 8.53. The normalized spacial score (nSPS) is 63.0. The van der Waals surface area contributed by atoms with Crippen LogP contribution in [-0.4, -0.2) is 22.4 Å². The third-order valence-electron chi connectivity index (χ3n) is 5.03. The van der Waals surface area contributed by atoms with Crippen molar-refractivity contribution in [2.75, 3.05) is 0 Å². The predicted octanol–water partition coefficient (Wildman–Crippen LogP) is 1.51. The third kappa shape index (κ3) is 1.10. The minimum absolute atomic E-state index is 0.164. The van der Waals surface area contributed by atoms with Gasteiger partial charge >= 0.3 is 0 Å². The SMILES string of the molecule is CC1C(O)C(C)C2C(C)C(O)C(C)C12. The van der Waals surface area contributed by atoms with Gasteiger partial charge in [0.25, 0.3) is 0 Å². The molecule has 0 aromatic rings. The molecule has 0 heterocycles. The summed E-state index contributed by atoms with van der Waals surface area (Å²) >= 11 is 0. The van der Waals surface area contributed by atoms with Crippen LogP contribution in [0.2, 0.25) is 0 Å². The summed E-state index contributed by atoms with van der Waals surface area (Å²) in [6.07, 6.45) is -0.329. The van der Waals surface area contributed by atoms with E-state index < -0.39 is 0 Å². The molecule has 2 rings (SSSR count). The highest BCUT2D eigenvalue weighted by molar-refractivity contribution is 5.05. The standard InChI is InChI=1S/C12H22O2/c1-5-9-6(2)12(14)8(4)10(9)7(3)11(5)13/h5-14H,1-4H3. The number of rotatable bonds is 0. The number of hydrogen-bond donors (Lipinski definition) is 2. The van der Waals surface area contributed by atoms with Gasteiger partial charge in [0.2, 0.25) is 0 Å². The molecule has 2 nitrogen and oxygen atoms in total. The monoisotopic (exact) mass is 198 g/mol. The van der Waals surface area contributed by atoms with Crippen LogP contribution in [0.3, 0.4) is 0 Å². The van der Waals surface area contributed by atoms with E-state index in [2.05, 4.69) is 27.7 Å². The molecule has 0 aromatic heterocycles. The third-order valence-corrected chi connectivity index (χ3v) is 5.03. The van der Waals surface area contributed by atoms with E-state index in [0.29, 0.717) is 35.5 Å². The lowest BCUT2D eigenvalue weighted by Gasteiger charge is -2.24. The zero-order valence-corrected chi connectivity index (χ0v) is 9.51. The van der Waals surface area contributed by atoms with Crippen molar-refractivity contribution >= 4 is 0 Å². The zero-order chi connectivity index (χ0) is 10.6. The topological polar surface area (TPSA) is 40.5 Å². The van der Waals surface area contributed by atoms with Crippen molar-refractivity contribution in [1.29, 1.82) is 0 Å². The van der Waals surface area contributed by atoms with Crippen LogP contribution in [0.5, 0.6) is 0 Å². The Morgan fingerprint density at radius 2 is 0.786 bits per heavy atom. The predicted molar refractivity (Wildman–Crippen MR) is 55.6 cm³/mol. The lowest BCUT2D eigenvalue weighted by atomic mass is 9.84. The van der Waals surface area contributed by atoms with Gasteiger partial charge in [-0.15, -0.1) is 0 Å². The van der Waals surface area contributed by atoms with E-state index in [1.807, 2.05) is 0 Å². The molecule has 2 saturated carbocycles. The molecule has 2 aliphatic rings. The second-order valence-electron chi connectivity index (χ2n) is 5.57. The molecule has 2 N–H and O–H groups in total. The fourth-order valence-corrected chi connectivity index (χ4v) is 4.23. The van der Waals surface area contributed by atoms with Gasteiger partial charge in [-0.1, -0.05) is 27.7 Å². The van der Waals surface area contributed by atoms with Crippen molar-refractivity contribution in [2.45, 2.75) is 39.9 Å². The van der Waals surface area contributed by atoms with Crippen LogP contribution in [0, 0.1) is 35.5 Å². The highest BCUT2D eigenvalue weighted by atomic mass is 16.3. The van der Waals surface area contributed by atoms with Gasteiger partial charge in [0.15, 0.2) is 0 Å². The number of fused-ring (bicyclic) bond motifs is 1. The van der Waals surface area contributed by atoms with Crippen LogP contribution in [0.25, 0.3) is 0 Å². The average Bonchev–Trinajstić information content (AvgIpc) is 2.51. The van der Waals surface area contributed by atoms with Gasteiger partial charge in [-0.25, -0.2) is 0 Å². The van der Waals surface area contributed by atoms with Gasteiger partial charge < -0.3 is 10.2 Å². The van der Waals surface area contributed by atoms with Gasteiger partial charge in [0.1, 0.15) is 0 Å². The van der Waals surface area contributed by atoms with Crippen molar-refractivity contribution in [1.82, 2.24) is 0 Å². The molecule has 0 amide bonds. The van der Waals surface area contributed by atoms with Crippen molar-refractivity contribution < 1.29 is 10.2 Å². The summed E-state index contributed by atoms with van der Waals surface area (Å²) in [6, 6.07) is 0. The van der Waals surface area contributed by atoms with Gasteiger partial charge in [-0.05, 0) is 35.5 Å². The van der Waals surface area contributed by atoms with E-state index in [4.69, 9.17) is 0 Å². The largest absolute Gasteiger partial charge is 0.393 e. The van der Waals surface area contributed by atoms with Crippen LogP contribution in [-0.2, 0) is 0 Å². The van der Waals surface area contributed by atoms with Crippen LogP contribution in [0.15, 0.2) is 0 Å². The Bertz CT molecular complexity index is 184. The fraction of sp³-hybridized carbons (Fsp3) is 1.00. The first-order chi connectivity index (χ1) is 6.46. The Balaban J connectivity index is 2.29. The maximum atomic E-state index is 10.0. The van der Waals surface area contributed by atoms with Gasteiger partial charge in [-0.2, -0.15) is 0 Å². The highest BCUT2D eigenvalue weighted by Gasteiger charge is 2.56. The maximum absolute atomic E-state index is 10.0. The Kier molecular flexibility index (Phi) is 2.39. The van der Waals surface area contributed by atoms with E-state index in [9.17, 15) is 10.2 Å². The van der Waals surface area contributed by atoms with Crippen molar-refractivity contribution in [3.8, 4) is 0 Å². The second-order valence-corrected chi connectivity index (χ2v) is 5.57. The molecular weight excluding hydrogens is 176 g/mol. The molecule has 0 aromatic carbocycles. The summed E-state index contributed by atoms with van der Waals surface area (Å²) in [7, 11) is 0. The van der Waals surface area contributed by atoms with Crippen LogP contribution < -0.4 is 0 Å². The van der Waals surface area contributed by atoms with E-state index in [1.165, 1.54) is 0 Å². The highest BCUT2D eigenvalue weighted by Crippen LogP contribution is 2.55. The average molecular weight is 198 g/mol. The Labute approximate surface area is 86.3 Å². The fourth-order valence-electron chi connectivity index (χ4n) is 4.23. The molecule has 14 heavy (non-hydrogen) atoms.